The van der Waals surface area contributed by atoms with Crippen LogP contribution in [0, 0.1) is 40.4 Å². The van der Waals surface area contributed by atoms with Crippen molar-refractivity contribution in [1.29, 1.82) is 0 Å². The molecule has 1 N–H and O–H groups in total. The van der Waals surface area contributed by atoms with Gasteiger partial charge in [-0.05, 0) is 105 Å². The van der Waals surface area contributed by atoms with Gasteiger partial charge >= 0.3 is 5.97 Å². The van der Waals surface area contributed by atoms with Crippen LogP contribution in [-0.2, 0) is 4.79 Å². The van der Waals surface area contributed by atoms with Crippen molar-refractivity contribution < 1.29 is 11.3 Å². The van der Waals surface area contributed by atoms with E-state index in [1.807, 2.05) is 0 Å². The molecule has 4 aliphatic carbocycles. The van der Waals surface area contributed by atoms with Gasteiger partial charge in [-0.1, -0.05) is 32.4 Å². The minimum Gasteiger partial charge on any atom is -0.481 e. The van der Waals surface area contributed by atoms with Crippen LogP contribution in [-0.4, -0.2) is 11.1 Å². The molecule has 4 aliphatic rings. The van der Waals surface area contributed by atoms with Crippen LogP contribution in [0.3, 0.4) is 0 Å². The lowest BCUT2D eigenvalue weighted by atomic mass is 9.46. The summed E-state index contributed by atoms with van der Waals surface area (Å²) >= 11 is 0. The van der Waals surface area contributed by atoms with Crippen molar-refractivity contribution in [3.8, 4) is 0 Å². The van der Waals surface area contributed by atoms with Gasteiger partial charge in [-0.15, -0.1) is 0 Å². The normalized spacial score (nSPS) is 50.9. The van der Waals surface area contributed by atoms with E-state index < -0.39 is 5.97 Å². The quantitative estimate of drug-likeness (QED) is 0.585. The van der Waals surface area contributed by atoms with Crippen molar-refractivity contribution in [2.45, 2.75) is 91.4 Å². The average molecular weight is 360 g/mol. The van der Waals surface area contributed by atoms with E-state index in [9.17, 15) is 4.79 Å². The molecular weight excluding hydrogens is 320 g/mol. The minimum atomic E-state index is -0.689. The highest BCUT2D eigenvalue weighted by molar-refractivity contribution is 5.66. The first-order valence-corrected chi connectivity index (χ1v) is 11.1. The van der Waals surface area contributed by atoms with Crippen molar-refractivity contribution in [3.05, 3.63) is 11.6 Å². The first-order valence-electron chi connectivity index (χ1n) is 11.7. The lowest BCUT2D eigenvalue weighted by Gasteiger charge is -2.59. The first-order chi connectivity index (χ1) is 12.8. The van der Waals surface area contributed by atoms with Crippen LogP contribution in [0.15, 0.2) is 11.6 Å². The summed E-state index contributed by atoms with van der Waals surface area (Å²) in [5.74, 6) is 2.80. The van der Waals surface area contributed by atoms with Crippen LogP contribution < -0.4 is 0 Å². The SMILES string of the molecule is [2H][C@@H]1CC2C3CCC4=CCC(C)C[C@]4(C)C3CC[C@]2(C)[C@@H]1CCCC(=O)O. The number of fused-ring (bicyclic) bond motifs is 5. The van der Waals surface area contributed by atoms with Crippen molar-refractivity contribution in [2.24, 2.45) is 40.4 Å². The lowest BCUT2D eigenvalue weighted by Crippen LogP contribution is -2.50. The zero-order chi connectivity index (χ0) is 19.4. The number of rotatable bonds is 4. The van der Waals surface area contributed by atoms with Gasteiger partial charge < -0.3 is 5.11 Å². The van der Waals surface area contributed by atoms with E-state index in [0.29, 0.717) is 17.3 Å². The Labute approximate surface area is 161 Å². The van der Waals surface area contributed by atoms with Crippen LogP contribution in [0.2, 0.25) is 0 Å². The standard InChI is InChI=1S/C24H38O2/c1-16-7-8-18-9-11-19-20-12-10-17(5-4-6-22(25)26)23(20,2)14-13-21(19)24(18,3)15-16/h8,16-17,19-21H,4-7,9-15H2,1-3H3,(H,25,26)/t16?,17-,19?,20?,21?,23-,24+/m1/s1/i10D/t10-,16?,17-,19?,20?,21?,23-,24+. The summed E-state index contributed by atoms with van der Waals surface area (Å²) in [5, 5.41) is 9.01. The van der Waals surface area contributed by atoms with E-state index in [-0.39, 0.29) is 18.2 Å². The molecule has 3 saturated carbocycles. The molecule has 8 atom stereocenters. The van der Waals surface area contributed by atoms with Crippen LogP contribution in [0.25, 0.3) is 0 Å². The zero-order valence-electron chi connectivity index (χ0n) is 18.0. The molecule has 0 aromatic carbocycles. The Hall–Kier alpha value is -0.790. The van der Waals surface area contributed by atoms with Crippen LogP contribution >= 0.6 is 0 Å². The summed E-state index contributed by atoms with van der Waals surface area (Å²) in [6.07, 6.45) is 13.4. The fourth-order valence-corrected chi connectivity index (χ4v) is 7.85. The predicted octanol–water partition coefficient (Wildman–Crippen LogP) is 6.46. The largest absolute Gasteiger partial charge is 0.481 e. The second kappa shape index (κ2) is 6.67. The average Bonchev–Trinajstić information content (AvgIpc) is 2.85. The van der Waals surface area contributed by atoms with Gasteiger partial charge in [0.2, 0.25) is 0 Å². The smallest absolute Gasteiger partial charge is 0.303 e. The molecule has 0 saturated heterocycles. The molecule has 0 bridgehead atoms. The fraction of sp³-hybridized carbons (Fsp3) is 0.875. The van der Waals surface area contributed by atoms with Crippen molar-refractivity contribution >= 4 is 5.97 Å². The first kappa shape index (κ1) is 17.3. The maximum Gasteiger partial charge on any atom is 0.303 e. The van der Waals surface area contributed by atoms with E-state index in [1.165, 1.54) is 38.5 Å². The molecule has 0 amide bonds. The third-order valence-electron chi connectivity index (χ3n) is 9.14. The second-order valence-electron chi connectivity index (χ2n) is 10.5. The number of hydrogen-bond donors (Lipinski definition) is 1. The van der Waals surface area contributed by atoms with Gasteiger partial charge in [0.1, 0.15) is 0 Å². The molecule has 0 spiro atoms. The molecule has 4 unspecified atom stereocenters. The molecule has 0 aromatic rings. The summed E-state index contributed by atoms with van der Waals surface area (Å²) in [6.45, 7) is 7.44. The van der Waals surface area contributed by atoms with Crippen LogP contribution in [0.5, 0.6) is 0 Å². The highest BCUT2D eigenvalue weighted by Gasteiger charge is 2.58. The van der Waals surface area contributed by atoms with Crippen molar-refractivity contribution in [3.63, 3.8) is 0 Å². The zero-order valence-corrected chi connectivity index (χ0v) is 17.0. The fourth-order valence-electron chi connectivity index (χ4n) is 7.85. The van der Waals surface area contributed by atoms with Gasteiger partial charge in [0.15, 0.2) is 0 Å². The Balaban J connectivity index is 1.55. The van der Waals surface area contributed by atoms with E-state index >= 15 is 0 Å². The molecule has 2 nitrogen and oxygen atoms in total. The highest BCUT2D eigenvalue weighted by Crippen LogP contribution is 2.67. The van der Waals surface area contributed by atoms with Crippen LogP contribution in [0.1, 0.15) is 92.7 Å². The minimum absolute atomic E-state index is 0.0163. The second-order valence-corrected chi connectivity index (χ2v) is 10.5. The van der Waals surface area contributed by atoms with E-state index in [1.54, 1.807) is 5.57 Å². The van der Waals surface area contributed by atoms with Gasteiger partial charge in [0, 0.05) is 7.79 Å². The Morgan fingerprint density at radius 2 is 2.12 bits per heavy atom. The Morgan fingerprint density at radius 1 is 1.31 bits per heavy atom. The molecule has 4 rings (SSSR count). The summed E-state index contributed by atoms with van der Waals surface area (Å²) in [6, 6.07) is 0. The molecule has 0 aliphatic heterocycles. The van der Waals surface area contributed by atoms with Gasteiger partial charge in [-0.2, -0.15) is 0 Å². The van der Waals surface area contributed by atoms with E-state index in [2.05, 4.69) is 26.8 Å². The lowest BCUT2D eigenvalue weighted by molar-refractivity contribution is -0.137. The monoisotopic (exact) mass is 359 g/mol. The van der Waals surface area contributed by atoms with Gasteiger partial charge in [0.05, 0.1) is 0 Å². The third-order valence-corrected chi connectivity index (χ3v) is 9.14. The van der Waals surface area contributed by atoms with Crippen molar-refractivity contribution in [1.82, 2.24) is 0 Å². The summed E-state index contributed by atoms with van der Waals surface area (Å²) in [7, 11) is 0. The summed E-state index contributed by atoms with van der Waals surface area (Å²) < 4.78 is 8.81. The number of hydrogen-bond acceptors (Lipinski definition) is 1. The van der Waals surface area contributed by atoms with Crippen LogP contribution in [0.4, 0.5) is 0 Å². The molecule has 0 radical (unpaired) electrons. The number of carbonyl (C=O) groups is 1. The molecule has 3 fully saturated rings. The Kier molecular flexibility index (Phi) is 4.44. The summed E-state index contributed by atoms with van der Waals surface area (Å²) in [4.78, 5) is 10.9. The van der Waals surface area contributed by atoms with Gasteiger partial charge in [-0.25, -0.2) is 0 Å². The summed E-state index contributed by atoms with van der Waals surface area (Å²) in [5.41, 5.74) is 2.43. The maximum absolute atomic E-state index is 10.9. The van der Waals surface area contributed by atoms with Crippen molar-refractivity contribution in [2.75, 3.05) is 0 Å². The van der Waals surface area contributed by atoms with E-state index in [0.717, 1.165) is 37.0 Å². The Bertz CT molecular complexity index is 628. The molecule has 146 valence electrons. The number of carboxylic acid groups (broad SMARTS) is 1. The molecule has 0 heterocycles. The number of allylic oxidation sites excluding steroid dienone is 2. The number of carboxylic acids is 1. The number of aliphatic carboxylic acids is 1. The molecule has 26 heavy (non-hydrogen) atoms. The van der Waals surface area contributed by atoms with E-state index in [4.69, 9.17) is 6.48 Å². The maximum atomic E-state index is 10.9. The van der Waals surface area contributed by atoms with Gasteiger partial charge in [-0.3, -0.25) is 4.79 Å². The third kappa shape index (κ3) is 2.87. The molecule has 0 aromatic heterocycles. The van der Waals surface area contributed by atoms with Gasteiger partial charge in [0.25, 0.3) is 0 Å². The molecular formula is C24H38O2. The Morgan fingerprint density at radius 3 is 2.88 bits per heavy atom. The highest BCUT2D eigenvalue weighted by atomic mass is 16.4. The molecule has 2 heteroatoms. The topological polar surface area (TPSA) is 37.3 Å². The predicted molar refractivity (Wildman–Crippen MR) is 106 cm³/mol.